The molecule has 0 radical (unpaired) electrons. The lowest BCUT2D eigenvalue weighted by molar-refractivity contribution is -0.177. The zero-order valence-electron chi connectivity index (χ0n) is 14.6. The molecule has 0 saturated heterocycles. The normalized spacial score (nSPS) is 38.0. The van der Waals surface area contributed by atoms with E-state index >= 15 is 0 Å². The number of ether oxygens (including phenoxy) is 1. The summed E-state index contributed by atoms with van der Waals surface area (Å²) in [6, 6.07) is 0. The van der Waals surface area contributed by atoms with Crippen LogP contribution in [0, 0.1) is 23.2 Å². The molecule has 0 amide bonds. The lowest BCUT2D eigenvalue weighted by Crippen LogP contribution is -2.61. The molecule has 4 atom stereocenters. The molecule has 0 N–H and O–H groups in total. The topological polar surface area (TPSA) is 77.5 Å². The number of ketones is 3. The van der Waals surface area contributed by atoms with Crippen LogP contribution in [-0.4, -0.2) is 30.4 Å². The van der Waals surface area contributed by atoms with Crippen LogP contribution < -0.4 is 0 Å². The maximum atomic E-state index is 13.0. The van der Waals surface area contributed by atoms with Gasteiger partial charge in [0.2, 0.25) is 0 Å². The van der Waals surface area contributed by atoms with Crippen molar-refractivity contribution >= 4 is 23.3 Å². The van der Waals surface area contributed by atoms with Crippen molar-refractivity contribution in [1.29, 1.82) is 0 Å². The molecule has 2 saturated carbocycles. The van der Waals surface area contributed by atoms with Gasteiger partial charge in [-0.1, -0.05) is 5.57 Å². The SMILES string of the molecule is COC(=O)[C@]12C(=O)CCC[C@H]1CC(=O)[C@@H]1C3=C(CC[C@@H]12)C(=O)CCC3. The van der Waals surface area contributed by atoms with Crippen molar-refractivity contribution in [2.24, 2.45) is 23.2 Å². The van der Waals surface area contributed by atoms with Gasteiger partial charge in [-0.2, -0.15) is 0 Å². The summed E-state index contributed by atoms with van der Waals surface area (Å²) in [7, 11) is 1.33. The summed E-state index contributed by atoms with van der Waals surface area (Å²) in [6.45, 7) is 0. The Bertz CT molecular complexity index is 693. The number of hydrogen-bond acceptors (Lipinski definition) is 5. The molecule has 25 heavy (non-hydrogen) atoms. The molecular formula is C20H24O5. The largest absolute Gasteiger partial charge is 0.468 e. The Balaban J connectivity index is 1.86. The van der Waals surface area contributed by atoms with Gasteiger partial charge in [-0.15, -0.1) is 0 Å². The molecule has 0 unspecified atom stereocenters. The third-order valence-electron chi connectivity index (χ3n) is 7.02. The molecule has 0 aromatic carbocycles. The number of carbonyl (C=O) groups is 4. The van der Waals surface area contributed by atoms with Gasteiger partial charge in [-0.25, -0.2) is 0 Å². The predicted octanol–water partition coefficient (Wildman–Crippen LogP) is 2.56. The molecule has 0 aromatic heterocycles. The molecular weight excluding hydrogens is 320 g/mol. The van der Waals surface area contributed by atoms with E-state index in [-0.39, 0.29) is 35.6 Å². The number of carbonyl (C=O) groups excluding carboxylic acids is 4. The van der Waals surface area contributed by atoms with Crippen LogP contribution in [0.15, 0.2) is 11.1 Å². The first kappa shape index (κ1) is 16.7. The average Bonchev–Trinajstić information content (AvgIpc) is 2.61. The summed E-state index contributed by atoms with van der Waals surface area (Å²) in [5.74, 6) is -1.26. The highest BCUT2D eigenvalue weighted by molar-refractivity contribution is 6.08. The van der Waals surface area contributed by atoms with E-state index < -0.39 is 17.3 Å². The quantitative estimate of drug-likeness (QED) is 0.540. The van der Waals surface area contributed by atoms with E-state index in [4.69, 9.17) is 4.74 Å². The van der Waals surface area contributed by atoms with Gasteiger partial charge in [0.25, 0.3) is 0 Å². The van der Waals surface area contributed by atoms with Gasteiger partial charge >= 0.3 is 5.97 Å². The van der Waals surface area contributed by atoms with Crippen LogP contribution in [0.25, 0.3) is 0 Å². The van der Waals surface area contributed by atoms with Gasteiger partial charge < -0.3 is 4.74 Å². The fourth-order valence-corrected chi connectivity index (χ4v) is 6.10. The lowest BCUT2D eigenvalue weighted by Gasteiger charge is -2.53. The van der Waals surface area contributed by atoms with Crippen LogP contribution in [0.4, 0.5) is 0 Å². The first-order valence-corrected chi connectivity index (χ1v) is 9.41. The fourth-order valence-electron chi connectivity index (χ4n) is 6.10. The Morgan fingerprint density at radius 3 is 2.60 bits per heavy atom. The van der Waals surface area contributed by atoms with Gasteiger partial charge in [-0.05, 0) is 55.9 Å². The van der Waals surface area contributed by atoms with Gasteiger partial charge in [0.1, 0.15) is 11.2 Å². The molecule has 134 valence electrons. The van der Waals surface area contributed by atoms with E-state index in [1.165, 1.54) is 7.11 Å². The van der Waals surface area contributed by atoms with E-state index in [2.05, 4.69) is 0 Å². The Hall–Kier alpha value is -1.78. The number of Topliss-reactive ketones (excluding diaryl/α,β-unsaturated/α-hetero) is 3. The minimum atomic E-state index is -1.18. The Kier molecular flexibility index (Phi) is 3.93. The summed E-state index contributed by atoms with van der Waals surface area (Å²) in [5.41, 5.74) is 0.560. The highest BCUT2D eigenvalue weighted by Crippen LogP contribution is 2.59. The van der Waals surface area contributed by atoms with Crippen LogP contribution in [0.3, 0.4) is 0 Å². The molecule has 4 rings (SSSR count). The van der Waals surface area contributed by atoms with Crippen LogP contribution >= 0.6 is 0 Å². The number of rotatable bonds is 1. The molecule has 5 nitrogen and oxygen atoms in total. The Labute approximate surface area is 147 Å². The second kappa shape index (κ2) is 5.89. The number of allylic oxidation sites excluding steroid dienone is 2. The van der Waals surface area contributed by atoms with Gasteiger partial charge in [0.15, 0.2) is 11.6 Å². The second-order valence-electron chi connectivity index (χ2n) is 7.95. The summed E-state index contributed by atoms with van der Waals surface area (Å²) in [5, 5.41) is 0. The molecule has 2 fully saturated rings. The van der Waals surface area contributed by atoms with E-state index in [0.717, 1.165) is 36.8 Å². The highest BCUT2D eigenvalue weighted by atomic mass is 16.5. The molecule has 5 heteroatoms. The Morgan fingerprint density at radius 2 is 1.84 bits per heavy atom. The molecule has 0 spiro atoms. The molecule has 4 aliphatic carbocycles. The van der Waals surface area contributed by atoms with E-state index in [0.29, 0.717) is 25.7 Å². The number of esters is 1. The first-order valence-electron chi connectivity index (χ1n) is 9.41. The number of methoxy groups -OCH3 is 1. The van der Waals surface area contributed by atoms with Crippen LogP contribution in [0.1, 0.15) is 57.8 Å². The Morgan fingerprint density at radius 1 is 1.04 bits per heavy atom. The molecule has 0 aliphatic heterocycles. The third kappa shape index (κ3) is 2.14. The minimum Gasteiger partial charge on any atom is -0.468 e. The zero-order valence-corrected chi connectivity index (χ0v) is 14.6. The first-order chi connectivity index (χ1) is 12.0. The van der Waals surface area contributed by atoms with Gasteiger partial charge in [0.05, 0.1) is 7.11 Å². The van der Waals surface area contributed by atoms with E-state index in [1.54, 1.807) is 0 Å². The molecule has 0 aromatic rings. The standard InChI is InChI=1S/C20H24O5/c1-25-19(24)20-11(4-2-7-17(20)23)10-16(22)18-13-5-3-6-15(21)12(13)8-9-14(18)20/h11,14,18H,2-10H2,1H3/t11-,14-,18+,20+/m0/s1. The third-order valence-corrected chi connectivity index (χ3v) is 7.02. The highest BCUT2D eigenvalue weighted by Gasteiger charge is 2.65. The number of hydrogen-bond donors (Lipinski definition) is 0. The van der Waals surface area contributed by atoms with Gasteiger partial charge in [-0.3, -0.25) is 19.2 Å². The average molecular weight is 344 g/mol. The summed E-state index contributed by atoms with van der Waals surface area (Å²) >= 11 is 0. The summed E-state index contributed by atoms with van der Waals surface area (Å²) in [6.07, 6.45) is 5.29. The summed E-state index contributed by atoms with van der Waals surface area (Å²) < 4.78 is 5.11. The van der Waals surface area contributed by atoms with Crippen molar-refractivity contribution in [2.75, 3.05) is 7.11 Å². The van der Waals surface area contributed by atoms with Crippen molar-refractivity contribution in [3.8, 4) is 0 Å². The fraction of sp³-hybridized carbons (Fsp3) is 0.700. The maximum absolute atomic E-state index is 13.0. The van der Waals surface area contributed by atoms with Gasteiger partial charge in [0, 0.05) is 25.2 Å². The van der Waals surface area contributed by atoms with Crippen molar-refractivity contribution in [1.82, 2.24) is 0 Å². The molecule has 4 aliphatic rings. The second-order valence-corrected chi connectivity index (χ2v) is 7.95. The van der Waals surface area contributed by atoms with E-state index in [9.17, 15) is 19.2 Å². The van der Waals surface area contributed by atoms with E-state index in [1.807, 2.05) is 0 Å². The van der Waals surface area contributed by atoms with Crippen LogP contribution in [0.5, 0.6) is 0 Å². The van der Waals surface area contributed by atoms with Crippen molar-refractivity contribution < 1.29 is 23.9 Å². The van der Waals surface area contributed by atoms with Crippen LogP contribution in [0.2, 0.25) is 0 Å². The van der Waals surface area contributed by atoms with Crippen molar-refractivity contribution in [3.05, 3.63) is 11.1 Å². The zero-order chi connectivity index (χ0) is 17.8. The smallest absolute Gasteiger partial charge is 0.319 e. The van der Waals surface area contributed by atoms with Crippen LogP contribution in [-0.2, 0) is 23.9 Å². The lowest BCUT2D eigenvalue weighted by atomic mass is 9.47. The van der Waals surface area contributed by atoms with Crippen molar-refractivity contribution in [3.63, 3.8) is 0 Å². The molecule has 0 bridgehead atoms. The maximum Gasteiger partial charge on any atom is 0.319 e. The minimum absolute atomic E-state index is 0.0516. The summed E-state index contributed by atoms with van der Waals surface area (Å²) in [4.78, 5) is 51.2. The number of fused-ring (bicyclic) bond motifs is 4. The monoisotopic (exact) mass is 344 g/mol. The molecule has 0 heterocycles. The predicted molar refractivity (Wildman–Crippen MR) is 88.5 cm³/mol. The van der Waals surface area contributed by atoms with Crippen molar-refractivity contribution in [2.45, 2.75) is 57.8 Å².